The van der Waals surface area contributed by atoms with Crippen LogP contribution >= 0.6 is 23.2 Å². The van der Waals surface area contributed by atoms with Crippen molar-refractivity contribution in [2.24, 2.45) is 0 Å². The lowest BCUT2D eigenvalue weighted by molar-refractivity contribution is -0.147. The number of halogens is 2. The Morgan fingerprint density at radius 2 is 1.53 bits per heavy atom. The highest BCUT2D eigenvalue weighted by Gasteiger charge is 2.19. The Morgan fingerprint density at radius 3 is 2.33 bits per heavy atom. The van der Waals surface area contributed by atoms with Gasteiger partial charge >= 0.3 is 5.97 Å². The lowest BCUT2D eigenvalue weighted by Gasteiger charge is -2.36. The third kappa shape index (κ3) is 14.2. The molecule has 0 saturated carbocycles. The predicted octanol–water partition coefficient (Wildman–Crippen LogP) is 10.4. The quantitative estimate of drug-likeness (QED) is 0.0581. The summed E-state index contributed by atoms with van der Waals surface area (Å²) < 4.78 is 13.1. The minimum absolute atomic E-state index is 0.105. The average molecular weight is 737 g/mol. The zero-order valence-electron chi connectivity index (χ0n) is 30.2. The molecule has 0 unspecified atom stereocenters. The first-order valence-electron chi connectivity index (χ1n) is 18.7. The summed E-state index contributed by atoms with van der Waals surface area (Å²) >= 11 is 12.6. The number of allylic oxidation sites excluding steroid dienone is 6. The number of esters is 1. The molecule has 1 aliphatic heterocycles. The number of pyridine rings is 1. The van der Waals surface area contributed by atoms with Crippen molar-refractivity contribution in [2.45, 2.75) is 90.7 Å². The van der Waals surface area contributed by atoms with Crippen LogP contribution in [-0.4, -0.2) is 54.8 Å². The van der Waals surface area contributed by atoms with Crippen molar-refractivity contribution in [2.75, 3.05) is 44.2 Å². The maximum atomic E-state index is 12.7. The number of benzene rings is 2. The van der Waals surface area contributed by atoms with Crippen LogP contribution in [0.4, 0.5) is 5.69 Å². The number of nitrogens with zero attached hydrogens (tertiary/aromatic N) is 3. The van der Waals surface area contributed by atoms with E-state index in [1.54, 1.807) is 6.07 Å². The third-order valence-corrected chi connectivity index (χ3v) is 9.94. The Bertz CT molecular complexity index is 1640. The first-order chi connectivity index (χ1) is 25.0. The molecule has 0 radical (unpaired) electrons. The third-order valence-electron chi connectivity index (χ3n) is 9.13. The number of ether oxygens (including phenoxy) is 2. The molecule has 1 aromatic heterocycles. The van der Waals surface area contributed by atoms with Crippen LogP contribution < -0.4 is 15.2 Å². The van der Waals surface area contributed by atoms with E-state index in [4.69, 9.17) is 32.7 Å². The molecule has 2 aromatic carbocycles. The number of hydrogen-bond acceptors (Lipinski definition) is 6. The summed E-state index contributed by atoms with van der Waals surface area (Å²) in [4.78, 5) is 30.0. The van der Waals surface area contributed by atoms with Crippen molar-refractivity contribution in [3.8, 4) is 5.75 Å². The molecule has 0 bridgehead atoms. The maximum absolute atomic E-state index is 12.7. The van der Waals surface area contributed by atoms with Crippen LogP contribution in [0.25, 0.3) is 10.9 Å². The summed E-state index contributed by atoms with van der Waals surface area (Å²) in [5.74, 6) is 0.421. The van der Waals surface area contributed by atoms with E-state index in [0.29, 0.717) is 34.3 Å². The van der Waals surface area contributed by atoms with Gasteiger partial charge in [-0.05, 0) is 93.6 Å². The van der Waals surface area contributed by atoms with Gasteiger partial charge in [0, 0.05) is 44.7 Å². The standard InChI is InChI=1S/C42H55Cl2N3O4/c1-2-3-4-5-6-7-8-9-10-11-12-13-14-15-16-22-41(49)51-34-47-39-33-36(25-23-35(39)24-26-40(47)48)50-32-18-17-27-45-28-30-46(31-29-45)38-21-19-20-37(43)42(38)44/h3-4,6-7,9-10,19-21,23-26,33H,2,5,8,11-18,22,27-32,34H2,1H3/b4-3-,7-6-,10-9-. The van der Waals surface area contributed by atoms with E-state index in [1.165, 1.54) is 17.1 Å². The van der Waals surface area contributed by atoms with E-state index < -0.39 is 0 Å². The maximum Gasteiger partial charge on any atom is 0.307 e. The summed E-state index contributed by atoms with van der Waals surface area (Å²) in [7, 11) is 0. The molecule has 276 valence electrons. The van der Waals surface area contributed by atoms with Crippen LogP contribution in [-0.2, 0) is 16.3 Å². The topological polar surface area (TPSA) is 64.0 Å². The highest BCUT2D eigenvalue weighted by atomic mass is 35.5. The number of carbonyl (C=O) groups is 1. The van der Waals surface area contributed by atoms with Gasteiger partial charge in [-0.3, -0.25) is 19.1 Å². The Kier molecular flexibility index (Phi) is 18.3. The highest BCUT2D eigenvalue weighted by molar-refractivity contribution is 6.43. The van der Waals surface area contributed by atoms with Crippen LogP contribution in [0, 0.1) is 0 Å². The summed E-state index contributed by atoms with van der Waals surface area (Å²) in [5.41, 5.74) is 1.49. The molecule has 0 aliphatic carbocycles. The second-order valence-electron chi connectivity index (χ2n) is 13.0. The van der Waals surface area contributed by atoms with Crippen LogP contribution in [0.2, 0.25) is 10.0 Å². The molecule has 1 saturated heterocycles. The number of unbranched alkanes of at least 4 members (excludes halogenated alkanes) is 6. The zero-order valence-corrected chi connectivity index (χ0v) is 31.8. The molecular weight excluding hydrogens is 681 g/mol. The lowest BCUT2D eigenvalue weighted by Crippen LogP contribution is -2.46. The Morgan fingerprint density at radius 1 is 0.804 bits per heavy atom. The monoisotopic (exact) mass is 735 g/mol. The molecule has 1 fully saturated rings. The highest BCUT2D eigenvalue weighted by Crippen LogP contribution is 2.33. The van der Waals surface area contributed by atoms with Crippen molar-refractivity contribution in [3.63, 3.8) is 0 Å². The van der Waals surface area contributed by atoms with Gasteiger partial charge in [-0.25, -0.2) is 0 Å². The summed E-state index contributed by atoms with van der Waals surface area (Å²) in [5, 5.41) is 2.10. The van der Waals surface area contributed by atoms with Gasteiger partial charge in [0.15, 0.2) is 6.73 Å². The summed E-state index contributed by atoms with van der Waals surface area (Å²) in [6.07, 6.45) is 25.0. The average Bonchev–Trinajstić information content (AvgIpc) is 3.14. The first kappa shape index (κ1) is 40.3. The van der Waals surface area contributed by atoms with Crippen molar-refractivity contribution >= 4 is 45.8 Å². The number of fused-ring (bicyclic) bond motifs is 1. The van der Waals surface area contributed by atoms with Gasteiger partial charge in [0.1, 0.15) is 5.75 Å². The van der Waals surface area contributed by atoms with Gasteiger partial charge in [0.05, 0.1) is 27.9 Å². The summed E-state index contributed by atoms with van der Waals surface area (Å²) in [6.45, 7) is 7.43. The Labute approximate surface area is 314 Å². The SMILES string of the molecule is CC/C=C\C/C=C\C/C=C\CCCCCCCC(=O)OCn1c(=O)ccc2ccc(OCCCCN3CCN(c4cccc(Cl)c4Cl)CC3)cc21. The molecule has 4 rings (SSSR count). The minimum Gasteiger partial charge on any atom is -0.494 e. The van der Waals surface area contributed by atoms with Crippen LogP contribution in [0.5, 0.6) is 5.75 Å². The molecule has 0 N–H and O–H groups in total. The Balaban J connectivity index is 1.09. The van der Waals surface area contributed by atoms with E-state index in [-0.39, 0.29) is 18.3 Å². The second kappa shape index (κ2) is 23.1. The van der Waals surface area contributed by atoms with Crippen molar-refractivity contribution in [1.82, 2.24) is 9.47 Å². The molecule has 2 heterocycles. The molecule has 3 aromatic rings. The molecule has 0 spiro atoms. The first-order valence-corrected chi connectivity index (χ1v) is 19.5. The number of anilines is 1. The second-order valence-corrected chi connectivity index (χ2v) is 13.8. The van der Waals surface area contributed by atoms with Gasteiger partial charge in [0.25, 0.3) is 5.56 Å². The minimum atomic E-state index is -0.276. The van der Waals surface area contributed by atoms with Gasteiger partial charge < -0.3 is 14.4 Å². The molecule has 9 heteroatoms. The zero-order chi connectivity index (χ0) is 36.1. The molecular formula is C42H55Cl2N3O4. The van der Waals surface area contributed by atoms with Crippen molar-refractivity contribution in [3.05, 3.63) is 105 Å². The molecule has 0 amide bonds. The van der Waals surface area contributed by atoms with E-state index in [9.17, 15) is 9.59 Å². The van der Waals surface area contributed by atoms with Crippen LogP contribution in [0.3, 0.4) is 0 Å². The number of carbonyl (C=O) groups excluding carboxylic acids is 1. The van der Waals surface area contributed by atoms with E-state index in [0.717, 1.165) is 108 Å². The largest absolute Gasteiger partial charge is 0.494 e. The number of rotatable bonds is 22. The van der Waals surface area contributed by atoms with Crippen LogP contribution in [0.1, 0.15) is 84.0 Å². The van der Waals surface area contributed by atoms with E-state index >= 15 is 0 Å². The van der Waals surface area contributed by atoms with Crippen molar-refractivity contribution in [1.29, 1.82) is 0 Å². The molecule has 1 aliphatic rings. The molecule has 51 heavy (non-hydrogen) atoms. The van der Waals surface area contributed by atoms with E-state index in [2.05, 4.69) is 53.2 Å². The molecule has 7 nitrogen and oxygen atoms in total. The fraction of sp³-hybridized carbons (Fsp3) is 0.476. The van der Waals surface area contributed by atoms with Crippen LogP contribution in [0.15, 0.2) is 89.8 Å². The number of aromatic nitrogens is 1. The van der Waals surface area contributed by atoms with Gasteiger partial charge in [-0.2, -0.15) is 0 Å². The number of hydrogen-bond donors (Lipinski definition) is 0. The van der Waals surface area contributed by atoms with E-state index in [1.807, 2.05) is 36.4 Å². The molecule has 0 atom stereocenters. The predicted molar refractivity (Wildman–Crippen MR) is 213 cm³/mol. The van der Waals surface area contributed by atoms with Gasteiger partial charge in [0.2, 0.25) is 0 Å². The fourth-order valence-electron chi connectivity index (χ4n) is 6.16. The summed E-state index contributed by atoms with van der Waals surface area (Å²) in [6, 6.07) is 14.8. The van der Waals surface area contributed by atoms with Crippen molar-refractivity contribution < 1.29 is 14.3 Å². The smallest absolute Gasteiger partial charge is 0.307 e. The lowest BCUT2D eigenvalue weighted by atomic mass is 10.1. The normalized spacial score (nSPS) is 14.1. The number of piperazine rings is 1. The van der Waals surface area contributed by atoms with Gasteiger partial charge in [-0.15, -0.1) is 0 Å². The van der Waals surface area contributed by atoms with Gasteiger partial charge in [-0.1, -0.05) is 91.9 Å². The fourth-order valence-corrected chi connectivity index (χ4v) is 6.58. The Hall–Kier alpha value is -3.52.